The third kappa shape index (κ3) is 4.96. The van der Waals surface area contributed by atoms with Crippen LogP contribution in [0, 0.1) is 0 Å². The van der Waals surface area contributed by atoms with Crippen molar-refractivity contribution in [3.05, 3.63) is 28.2 Å². The standard InChI is InChI=1S/C12H13Cl2NO4/c1-6(12(17)18)15-11(16)7(2)19-10-4-8(13)3-9(14)5-10/h3-7H,1-2H3,(H,15,16)(H,17,18). The predicted octanol–water partition coefficient (Wildman–Crippen LogP) is 2.35. The third-order valence-electron chi connectivity index (χ3n) is 2.25. The fourth-order valence-electron chi connectivity index (χ4n) is 1.25. The molecule has 0 aliphatic rings. The summed E-state index contributed by atoms with van der Waals surface area (Å²) in [5.41, 5.74) is 0. The van der Waals surface area contributed by atoms with Crippen molar-refractivity contribution in [3.8, 4) is 5.75 Å². The molecular formula is C12H13Cl2NO4. The van der Waals surface area contributed by atoms with Gasteiger partial charge in [-0.15, -0.1) is 0 Å². The van der Waals surface area contributed by atoms with Crippen molar-refractivity contribution >= 4 is 35.1 Å². The molecule has 1 amide bonds. The number of carbonyl (C=O) groups is 2. The van der Waals surface area contributed by atoms with Crippen LogP contribution in [0.1, 0.15) is 13.8 Å². The molecule has 2 N–H and O–H groups in total. The van der Waals surface area contributed by atoms with Gasteiger partial charge in [-0.3, -0.25) is 9.59 Å². The highest BCUT2D eigenvalue weighted by Gasteiger charge is 2.20. The Hall–Kier alpha value is -1.46. The van der Waals surface area contributed by atoms with Gasteiger partial charge in [-0.2, -0.15) is 0 Å². The molecule has 0 aromatic heterocycles. The summed E-state index contributed by atoms with van der Waals surface area (Å²) in [6, 6.07) is 3.57. The number of rotatable bonds is 5. The van der Waals surface area contributed by atoms with Crippen molar-refractivity contribution < 1.29 is 19.4 Å². The van der Waals surface area contributed by atoms with Crippen molar-refractivity contribution in [3.63, 3.8) is 0 Å². The van der Waals surface area contributed by atoms with Crippen molar-refractivity contribution in [2.75, 3.05) is 0 Å². The lowest BCUT2D eigenvalue weighted by atomic mass is 10.3. The van der Waals surface area contributed by atoms with E-state index in [0.717, 1.165) is 0 Å². The molecule has 0 spiro atoms. The van der Waals surface area contributed by atoms with Gasteiger partial charge >= 0.3 is 5.97 Å². The van der Waals surface area contributed by atoms with E-state index in [1.165, 1.54) is 32.0 Å². The number of benzene rings is 1. The van der Waals surface area contributed by atoms with Crippen LogP contribution in [0.5, 0.6) is 5.75 Å². The normalized spacial score (nSPS) is 13.5. The van der Waals surface area contributed by atoms with E-state index in [0.29, 0.717) is 15.8 Å². The molecule has 2 atom stereocenters. The maximum atomic E-state index is 11.7. The molecule has 104 valence electrons. The molecule has 0 heterocycles. The van der Waals surface area contributed by atoms with Gasteiger partial charge in [-0.25, -0.2) is 0 Å². The molecule has 2 unspecified atom stereocenters. The van der Waals surface area contributed by atoms with Gasteiger partial charge in [0.05, 0.1) is 0 Å². The lowest BCUT2D eigenvalue weighted by Crippen LogP contribution is -2.44. The highest BCUT2D eigenvalue weighted by molar-refractivity contribution is 6.34. The third-order valence-corrected chi connectivity index (χ3v) is 2.68. The first kappa shape index (κ1) is 15.6. The maximum Gasteiger partial charge on any atom is 0.325 e. The molecule has 0 aliphatic heterocycles. The second-order valence-electron chi connectivity index (χ2n) is 3.93. The zero-order valence-corrected chi connectivity index (χ0v) is 11.8. The van der Waals surface area contributed by atoms with Crippen LogP contribution in [0.15, 0.2) is 18.2 Å². The zero-order chi connectivity index (χ0) is 14.6. The van der Waals surface area contributed by atoms with Crippen LogP contribution in [0.4, 0.5) is 0 Å². The number of carbonyl (C=O) groups excluding carboxylic acids is 1. The van der Waals surface area contributed by atoms with Crippen LogP contribution in [-0.2, 0) is 9.59 Å². The fourth-order valence-corrected chi connectivity index (χ4v) is 1.75. The Kier molecular flexibility index (Phi) is 5.44. The summed E-state index contributed by atoms with van der Waals surface area (Å²) in [4.78, 5) is 22.3. The number of aliphatic carboxylic acids is 1. The Balaban J connectivity index is 2.66. The topological polar surface area (TPSA) is 75.6 Å². The summed E-state index contributed by atoms with van der Waals surface area (Å²) in [6.07, 6.45) is -0.865. The Morgan fingerprint density at radius 2 is 1.74 bits per heavy atom. The molecule has 0 radical (unpaired) electrons. The molecule has 7 heteroatoms. The minimum atomic E-state index is -1.12. The minimum absolute atomic E-state index is 0.336. The molecule has 19 heavy (non-hydrogen) atoms. The maximum absolute atomic E-state index is 11.7. The van der Waals surface area contributed by atoms with Gasteiger partial charge in [-0.1, -0.05) is 23.2 Å². The van der Waals surface area contributed by atoms with Crippen molar-refractivity contribution in [1.29, 1.82) is 0 Å². The van der Waals surface area contributed by atoms with Crippen LogP contribution >= 0.6 is 23.2 Å². The average molecular weight is 306 g/mol. The Bertz CT molecular complexity index is 472. The number of carboxylic acids is 1. The molecule has 0 saturated heterocycles. The number of amides is 1. The van der Waals surface area contributed by atoms with Gasteiger partial charge < -0.3 is 15.2 Å². The summed E-state index contributed by atoms with van der Waals surface area (Å²) in [5.74, 6) is -1.32. The number of hydrogen-bond donors (Lipinski definition) is 2. The van der Waals surface area contributed by atoms with E-state index in [-0.39, 0.29) is 0 Å². The highest BCUT2D eigenvalue weighted by Crippen LogP contribution is 2.24. The fraction of sp³-hybridized carbons (Fsp3) is 0.333. The van der Waals surface area contributed by atoms with E-state index in [2.05, 4.69) is 5.32 Å². The van der Waals surface area contributed by atoms with Gasteiger partial charge in [0.1, 0.15) is 11.8 Å². The summed E-state index contributed by atoms with van der Waals surface area (Å²) in [6.45, 7) is 2.86. The van der Waals surface area contributed by atoms with Crippen molar-refractivity contribution in [1.82, 2.24) is 5.32 Å². The molecule has 0 aliphatic carbocycles. The van der Waals surface area contributed by atoms with Gasteiger partial charge in [0.15, 0.2) is 6.10 Å². The predicted molar refractivity (Wildman–Crippen MR) is 71.8 cm³/mol. The Labute approximate surface area is 120 Å². The van der Waals surface area contributed by atoms with E-state index in [9.17, 15) is 9.59 Å². The van der Waals surface area contributed by atoms with Crippen LogP contribution in [0.2, 0.25) is 10.0 Å². The van der Waals surface area contributed by atoms with E-state index in [1.54, 1.807) is 0 Å². The van der Waals surface area contributed by atoms with E-state index < -0.39 is 24.0 Å². The SMILES string of the molecule is CC(NC(=O)C(C)Oc1cc(Cl)cc(Cl)c1)C(=O)O. The second kappa shape index (κ2) is 6.63. The Morgan fingerprint density at radius 1 is 1.21 bits per heavy atom. The molecule has 5 nitrogen and oxygen atoms in total. The van der Waals surface area contributed by atoms with E-state index in [1.807, 2.05) is 0 Å². The zero-order valence-electron chi connectivity index (χ0n) is 10.3. The van der Waals surface area contributed by atoms with Crippen LogP contribution in [0.25, 0.3) is 0 Å². The molecular weight excluding hydrogens is 293 g/mol. The second-order valence-corrected chi connectivity index (χ2v) is 4.81. The number of hydrogen-bond acceptors (Lipinski definition) is 3. The smallest absolute Gasteiger partial charge is 0.325 e. The van der Waals surface area contributed by atoms with E-state index >= 15 is 0 Å². The quantitative estimate of drug-likeness (QED) is 0.875. The van der Waals surface area contributed by atoms with Crippen LogP contribution < -0.4 is 10.1 Å². The number of carboxylic acid groups (broad SMARTS) is 1. The average Bonchev–Trinajstić information content (AvgIpc) is 2.26. The number of halogens is 2. The lowest BCUT2D eigenvalue weighted by Gasteiger charge is -2.16. The first-order chi connectivity index (χ1) is 8.79. The van der Waals surface area contributed by atoms with Gasteiger partial charge in [-0.05, 0) is 32.0 Å². The largest absolute Gasteiger partial charge is 0.481 e. The van der Waals surface area contributed by atoms with Gasteiger partial charge in [0, 0.05) is 10.0 Å². The molecule has 0 saturated carbocycles. The lowest BCUT2D eigenvalue weighted by molar-refractivity contribution is -0.142. The number of nitrogens with one attached hydrogen (secondary N) is 1. The molecule has 1 aromatic carbocycles. The molecule has 1 rings (SSSR count). The Morgan fingerprint density at radius 3 is 2.21 bits per heavy atom. The molecule has 1 aromatic rings. The summed E-state index contributed by atoms with van der Waals surface area (Å²) < 4.78 is 5.34. The summed E-state index contributed by atoms with van der Waals surface area (Å²) in [7, 11) is 0. The van der Waals surface area contributed by atoms with Crippen molar-refractivity contribution in [2.45, 2.75) is 26.0 Å². The number of ether oxygens (including phenoxy) is 1. The first-order valence-corrected chi connectivity index (χ1v) is 6.21. The summed E-state index contributed by atoms with van der Waals surface area (Å²) in [5, 5.41) is 11.8. The van der Waals surface area contributed by atoms with E-state index in [4.69, 9.17) is 33.0 Å². The highest BCUT2D eigenvalue weighted by atomic mass is 35.5. The van der Waals surface area contributed by atoms with Crippen LogP contribution in [0.3, 0.4) is 0 Å². The first-order valence-electron chi connectivity index (χ1n) is 5.45. The van der Waals surface area contributed by atoms with Crippen LogP contribution in [-0.4, -0.2) is 29.1 Å². The summed E-state index contributed by atoms with van der Waals surface area (Å²) >= 11 is 11.6. The van der Waals surface area contributed by atoms with Crippen molar-refractivity contribution in [2.24, 2.45) is 0 Å². The monoisotopic (exact) mass is 305 g/mol. The van der Waals surface area contributed by atoms with Gasteiger partial charge in [0.25, 0.3) is 5.91 Å². The van der Waals surface area contributed by atoms with Gasteiger partial charge in [0.2, 0.25) is 0 Å². The molecule has 0 fully saturated rings. The molecule has 0 bridgehead atoms. The minimum Gasteiger partial charge on any atom is -0.481 e.